The maximum atomic E-state index is 12.1. The predicted octanol–water partition coefficient (Wildman–Crippen LogP) is 2.23. The topological polar surface area (TPSA) is 58.4 Å². The molecule has 5 heteroatoms. The smallest absolute Gasteiger partial charge is 0.243 e. The number of carbonyl (C=O) groups is 1. The Balaban J connectivity index is 1.91. The lowest BCUT2D eigenvalue weighted by Gasteiger charge is -2.44. The van der Waals surface area contributed by atoms with Crippen LogP contribution < -0.4 is 11.1 Å². The summed E-state index contributed by atoms with van der Waals surface area (Å²) >= 11 is 6.20. The molecule has 2 bridgehead atoms. The number of benzene rings is 1. The molecule has 1 aromatic rings. The zero-order chi connectivity index (χ0) is 14.3. The number of halogens is 1. The second-order valence-electron chi connectivity index (χ2n) is 6.01. The Morgan fingerprint density at radius 2 is 1.95 bits per heavy atom. The van der Waals surface area contributed by atoms with E-state index in [0.717, 1.165) is 31.4 Å². The van der Waals surface area contributed by atoms with Gasteiger partial charge in [0.2, 0.25) is 5.91 Å². The van der Waals surface area contributed by atoms with Crippen LogP contribution in [0.5, 0.6) is 0 Å². The van der Waals surface area contributed by atoms with E-state index < -0.39 is 5.54 Å². The van der Waals surface area contributed by atoms with E-state index in [9.17, 15) is 4.79 Å². The quantitative estimate of drug-likeness (QED) is 0.898. The van der Waals surface area contributed by atoms with Gasteiger partial charge in [-0.2, -0.15) is 0 Å². The van der Waals surface area contributed by atoms with E-state index in [1.165, 1.54) is 0 Å². The van der Waals surface area contributed by atoms with Crippen LogP contribution in [0.4, 0.5) is 5.69 Å². The molecule has 2 heterocycles. The monoisotopic (exact) mass is 293 g/mol. The highest BCUT2D eigenvalue weighted by Gasteiger charge is 2.50. The fraction of sp³-hybridized carbons (Fsp3) is 0.533. The van der Waals surface area contributed by atoms with Crippen LogP contribution in [-0.4, -0.2) is 35.5 Å². The molecule has 20 heavy (non-hydrogen) atoms. The molecule has 4 nitrogen and oxygen atoms in total. The van der Waals surface area contributed by atoms with Crippen molar-refractivity contribution in [3.8, 4) is 0 Å². The van der Waals surface area contributed by atoms with Crippen molar-refractivity contribution in [2.24, 2.45) is 5.73 Å². The van der Waals surface area contributed by atoms with Crippen molar-refractivity contribution in [3.63, 3.8) is 0 Å². The molecule has 2 saturated heterocycles. The Hall–Kier alpha value is -1.26. The molecule has 3 N–H and O–H groups in total. The van der Waals surface area contributed by atoms with Crippen LogP contribution in [0.25, 0.3) is 0 Å². The SMILES string of the molecule is CN1C2CCC1CC(Nc1ccccc1Cl)(C(N)=O)C2. The van der Waals surface area contributed by atoms with Gasteiger partial charge in [0.25, 0.3) is 0 Å². The summed E-state index contributed by atoms with van der Waals surface area (Å²) in [5, 5.41) is 3.97. The molecule has 2 aliphatic heterocycles. The summed E-state index contributed by atoms with van der Waals surface area (Å²) in [6, 6.07) is 8.36. The van der Waals surface area contributed by atoms with Crippen LogP contribution in [0.15, 0.2) is 24.3 Å². The molecule has 108 valence electrons. The summed E-state index contributed by atoms with van der Waals surface area (Å²) in [7, 11) is 2.14. The molecule has 2 atom stereocenters. The standard InChI is InChI=1S/C15H20ClN3O/c1-19-10-6-7-11(19)9-15(8-10,14(17)20)18-13-5-3-2-4-12(13)16/h2-5,10-11,18H,6-9H2,1H3,(H2,17,20). The van der Waals surface area contributed by atoms with Gasteiger partial charge in [-0.05, 0) is 44.9 Å². The van der Waals surface area contributed by atoms with E-state index in [2.05, 4.69) is 17.3 Å². The number of fused-ring (bicyclic) bond motifs is 2. The van der Waals surface area contributed by atoms with Crippen molar-refractivity contribution in [3.05, 3.63) is 29.3 Å². The van der Waals surface area contributed by atoms with E-state index >= 15 is 0 Å². The molecular weight excluding hydrogens is 274 g/mol. The first kappa shape index (κ1) is 13.7. The molecule has 0 aromatic heterocycles. The van der Waals surface area contributed by atoms with E-state index in [1.54, 1.807) is 0 Å². The first-order valence-electron chi connectivity index (χ1n) is 7.06. The van der Waals surface area contributed by atoms with Crippen molar-refractivity contribution in [2.75, 3.05) is 12.4 Å². The number of anilines is 1. The first-order chi connectivity index (χ1) is 9.52. The van der Waals surface area contributed by atoms with E-state index in [-0.39, 0.29) is 5.91 Å². The molecule has 0 saturated carbocycles. The summed E-state index contributed by atoms with van der Waals surface area (Å²) in [6.45, 7) is 0. The Morgan fingerprint density at radius 3 is 2.50 bits per heavy atom. The molecule has 0 radical (unpaired) electrons. The number of hydrogen-bond donors (Lipinski definition) is 2. The average molecular weight is 294 g/mol. The number of carbonyl (C=O) groups excluding carboxylic acids is 1. The highest BCUT2D eigenvalue weighted by molar-refractivity contribution is 6.33. The molecule has 2 fully saturated rings. The minimum atomic E-state index is -0.677. The number of rotatable bonds is 3. The second kappa shape index (κ2) is 4.93. The average Bonchev–Trinajstić information content (AvgIpc) is 2.64. The number of para-hydroxylation sites is 1. The van der Waals surface area contributed by atoms with Gasteiger partial charge in [-0.3, -0.25) is 4.79 Å². The summed E-state index contributed by atoms with van der Waals surface area (Å²) in [6.07, 6.45) is 3.78. The van der Waals surface area contributed by atoms with Gasteiger partial charge in [-0.25, -0.2) is 0 Å². The number of nitrogens with two attached hydrogens (primary N) is 1. The maximum absolute atomic E-state index is 12.1. The fourth-order valence-electron chi connectivity index (χ4n) is 3.66. The van der Waals surface area contributed by atoms with Crippen LogP contribution in [-0.2, 0) is 4.79 Å². The highest BCUT2D eigenvalue weighted by atomic mass is 35.5. The van der Waals surface area contributed by atoms with Gasteiger partial charge in [-0.1, -0.05) is 23.7 Å². The minimum absolute atomic E-state index is 0.276. The summed E-state index contributed by atoms with van der Waals surface area (Å²) in [4.78, 5) is 14.5. The van der Waals surface area contributed by atoms with E-state index in [0.29, 0.717) is 17.1 Å². The normalized spacial score (nSPS) is 33.1. The van der Waals surface area contributed by atoms with Crippen molar-refractivity contribution >= 4 is 23.2 Å². The fourth-order valence-corrected chi connectivity index (χ4v) is 3.84. The lowest BCUT2D eigenvalue weighted by molar-refractivity contribution is -0.124. The van der Waals surface area contributed by atoms with Gasteiger partial charge in [0.15, 0.2) is 0 Å². The lowest BCUT2D eigenvalue weighted by Crippen LogP contribution is -2.60. The van der Waals surface area contributed by atoms with Crippen LogP contribution >= 0.6 is 11.6 Å². The molecule has 2 aliphatic rings. The Bertz CT molecular complexity index is 520. The number of primary amides is 1. The predicted molar refractivity (Wildman–Crippen MR) is 80.8 cm³/mol. The zero-order valence-corrected chi connectivity index (χ0v) is 12.4. The second-order valence-corrected chi connectivity index (χ2v) is 6.42. The van der Waals surface area contributed by atoms with Crippen LogP contribution in [0.3, 0.4) is 0 Å². The van der Waals surface area contributed by atoms with Gasteiger partial charge in [0.1, 0.15) is 5.54 Å². The number of nitrogens with zero attached hydrogens (tertiary/aromatic N) is 1. The molecule has 3 rings (SSSR count). The van der Waals surface area contributed by atoms with Gasteiger partial charge >= 0.3 is 0 Å². The minimum Gasteiger partial charge on any atom is -0.370 e. The van der Waals surface area contributed by atoms with Crippen LogP contribution in [0.1, 0.15) is 25.7 Å². The van der Waals surface area contributed by atoms with Gasteiger partial charge < -0.3 is 16.0 Å². The number of piperidine rings is 1. The molecule has 1 aromatic carbocycles. The Kier molecular flexibility index (Phi) is 3.38. The lowest BCUT2D eigenvalue weighted by atomic mass is 9.82. The van der Waals surface area contributed by atoms with Crippen molar-refractivity contribution < 1.29 is 4.79 Å². The van der Waals surface area contributed by atoms with Crippen LogP contribution in [0, 0.1) is 0 Å². The third-order valence-corrected chi connectivity index (χ3v) is 5.20. The number of hydrogen-bond acceptors (Lipinski definition) is 3. The first-order valence-corrected chi connectivity index (χ1v) is 7.44. The van der Waals surface area contributed by atoms with Crippen LogP contribution in [0.2, 0.25) is 5.02 Å². The third-order valence-electron chi connectivity index (χ3n) is 4.87. The molecule has 0 spiro atoms. The van der Waals surface area contributed by atoms with Crippen molar-refractivity contribution in [1.82, 2.24) is 4.90 Å². The van der Waals surface area contributed by atoms with Crippen molar-refractivity contribution in [2.45, 2.75) is 43.3 Å². The summed E-state index contributed by atoms with van der Waals surface area (Å²) < 4.78 is 0. The van der Waals surface area contributed by atoms with Gasteiger partial charge in [-0.15, -0.1) is 0 Å². The van der Waals surface area contributed by atoms with E-state index in [4.69, 9.17) is 17.3 Å². The van der Waals surface area contributed by atoms with Crippen molar-refractivity contribution in [1.29, 1.82) is 0 Å². The van der Waals surface area contributed by atoms with Gasteiger partial charge in [0, 0.05) is 12.1 Å². The molecule has 2 unspecified atom stereocenters. The molecule has 1 amide bonds. The Labute approximate surface area is 124 Å². The Morgan fingerprint density at radius 1 is 1.35 bits per heavy atom. The molecule has 0 aliphatic carbocycles. The zero-order valence-electron chi connectivity index (χ0n) is 11.6. The third kappa shape index (κ3) is 2.17. The maximum Gasteiger partial charge on any atom is 0.243 e. The highest BCUT2D eigenvalue weighted by Crippen LogP contribution is 2.42. The van der Waals surface area contributed by atoms with Gasteiger partial charge in [0.05, 0.1) is 10.7 Å². The summed E-state index contributed by atoms with van der Waals surface area (Å²) in [5.74, 6) is -0.276. The largest absolute Gasteiger partial charge is 0.370 e. The molecular formula is C15H20ClN3O. The number of nitrogens with one attached hydrogen (secondary N) is 1. The summed E-state index contributed by atoms with van der Waals surface area (Å²) in [5.41, 5.74) is 5.85. The van der Waals surface area contributed by atoms with E-state index in [1.807, 2.05) is 24.3 Å². The number of amides is 1.